The minimum atomic E-state index is 0.480. The zero-order valence-electron chi connectivity index (χ0n) is 13.0. The maximum atomic E-state index is 8.55. The average Bonchev–Trinajstić information content (AvgIpc) is 2.99. The number of nitrogens with two attached hydrogens (primary N) is 1. The molecule has 116 valence electrons. The molecule has 0 saturated carbocycles. The lowest BCUT2D eigenvalue weighted by molar-refractivity contribution is 1.48. The lowest BCUT2D eigenvalue weighted by atomic mass is 10.0. The van der Waals surface area contributed by atoms with Crippen LogP contribution in [0, 0.1) is 5.41 Å². The van der Waals surface area contributed by atoms with Crippen molar-refractivity contribution in [3.63, 3.8) is 0 Å². The maximum absolute atomic E-state index is 8.55. The van der Waals surface area contributed by atoms with Crippen molar-refractivity contribution >= 4 is 32.8 Å². The van der Waals surface area contributed by atoms with E-state index in [0.29, 0.717) is 11.4 Å². The normalized spacial score (nSPS) is 10.8. The lowest BCUT2D eigenvalue weighted by Gasteiger charge is -2.06. The number of thiophene rings is 1. The van der Waals surface area contributed by atoms with Crippen LogP contribution in [0.1, 0.15) is 10.4 Å². The summed E-state index contributed by atoms with van der Waals surface area (Å²) in [6, 6.07) is 26.4. The Morgan fingerprint density at radius 3 is 2.08 bits per heavy atom. The number of anilines is 1. The van der Waals surface area contributed by atoms with Crippen molar-refractivity contribution in [2.45, 2.75) is 0 Å². The third kappa shape index (κ3) is 2.49. The first-order valence-electron chi connectivity index (χ1n) is 7.76. The summed E-state index contributed by atoms with van der Waals surface area (Å²) in [6.45, 7) is 0. The first-order chi connectivity index (χ1) is 11.7. The Morgan fingerprint density at radius 2 is 1.38 bits per heavy atom. The molecule has 0 fully saturated rings. The predicted octanol–water partition coefficient (Wildman–Crippen LogP) is 5.57. The maximum Gasteiger partial charge on any atom is 0.0805 e. The van der Waals surface area contributed by atoms with Crippen molar-refractivity contribution < 1.29 is 0 Å². The molecule has 3 aromatic carbocycles. The van der Waals surface area contributed by atoms with Crippen LogP contribution in [-0.2, 0) is 0 Å². The second-order valence-electron chi connectivity index (χ2n) is 5.66. The molecule has 0 aliphatic rings. The van der Waals surface area contributed by atoms with Gasteiger partial charge < -0.3 is 5.73 Å². The monoisotopic (exact) mass is 328 g/mol. The van der Waals surface area contributed by atoms with E-state index in [2.05, 4.69) is 24.3 Å². The van der Waals surface area contributed by atoms with Crippen molar-refractivity contribution in [2.75, 3.05) is 5.73 Å². The number of hydrogen-bond acceptors (Lipinski definition) is 3. The summed E-state index contributed by atoms with van der Waals surface area (Å²) in [4.78, 5) is 0.837. The first kappa shape index (κ1) is 14.7. The van der Waals surface area contributed by atoms with Crippen LogP contribution in [0.2, 0.25) is 0 Å². The zero-order chi connectivity index (χ0) is 16.5. The highest BCUT2D eigenvalue weighted by Gasteiger charge is 2.14. The summed E-state index contributed by atoms with van der Waals surface area (Å²) in [6.07, 6.45) is 0. The molecule has 1 aromatic heterocycles. The van der Waals surface area contributed by atoms with E-state index in [1.807, 2.05) is 54.6 Å². The van der Waals surface area contributed by atoms with Crippen LogP contribution in [0.15, 0.2) is 78.9 Å². The molecular weight excluding hydrogens is 312 g/mol. The molecule has 0 saturated heterocycles. The minimum absolute atomic E-state index is 0.480. The van der Waals surface area contributed by atoms with E-state index >= 15 is 0 Å². The van der Waals surface area contributed by atoms with Gasteiger partial charge in [-0.3, -0.25) is 5.41 Å². The van der Waals surface area contributed by atoms with Crippen molar-refractivity contribution in [1.29, 1.82) is 5.41 Å². The highest BCUT2D eigenvalue weighted by molar-refractivity contribution is 7.21. The summed E-state index contributed by atoms with van der Waals surface area (Å²) in [7, 11) is 0. The molecule has 0 aliphatic heterocycles. The van der Waals surface area contributed by atoms with Crippen LogP contribution in [0.5, 0.6) is 0 Å². The second-order valence-corrected chi connectivity index (χ2v) is 6.71. The van der Waals surface area contributed by atoms with Crippen molar-refractivity contribution in [3.8, 4) is 11.1 Å². The Bertz CT molecular complexity index is 1010. The van der Waals surface area contributed by atoms with E-state index in [-0.39, 0.29) is 0 Å². The molecule has 0 aliphatic carbocycles. The summed E-state index contributed by atoms with van der Waals surface area (Å²) < 4.78 is 1.12. The Morgan fingerprint density at radius 1 is 0.750 bits per heavy atom. The van der Waals surface area contributed by atoms with E-state index in [4.69, 9.17) is 11.1 Å². The molecule has 2 nitrogen and oxygen atoms in total. The molecule has 0 spiro atoms. The largest absolute Gasteiger partial charge is 0.397 e. The number of rotatable bonds is 3. The molecule has 0 atom stereocenters. The van der Waals surface area contributed by atoms with Crippen molar-refractivity contribution in [2.24, 2.45) is 0 Å². The smallest absolute Gasteiger partial charge is 0.0805 e. The highest BCUT2D eigenvalue weighted by Crippen LogP contribution is 2.35. The van der Waals surface area contributed by atoms with Gasteiger partial charge >= 0.3 is 0 Å². The van der Waals surface area contributed by atoms with Crippen molar-refractivity contribution in [3.05, 3.63) is 89.3 Å². The van der Waals surface area contributed by atoms with Crippen LogP contribution in [-0.4, -0.2) is 5.71 Å². The zero-order valence-corrected chi connectivity index (χ0v) is 13.8. The highest BCUT2D eigenvalue weighted by atomic mass is 32.1. The van der Waals surface area contributed by atoms with Gasteiger partial charge in [0.25, 0.3) is 0 Å². The molecule has 4 rings (SSSR count). The van der Waals surface area contributed by atoms with Gasteiger partial charge in [0.05, 0.1) is 16.3 Å². The van der Waals surface area contributed by atoms with Gasteiger partial charge in [0.2, 0.25) is 0 Å². The van der Waals surface area contributed by atoms with Gasteiger partial charge in [-0.15, -0.1) is 11.3 Å². The van der Waals surface area contributed by atoms with Gasteiger partial charge in [0.1, 0.15) is 0 Å². The second kappa shape index (κ2) is 5.95. The fourth-order valence-corrected chi connectivity index (χ4v) is 3.94. The van der Waals surface area contributed by atoms with Gasteiger partial charge in [0.15, 0.2) is 0 Å². The Balaban J connectivity index is 1.70. The molecular formula is C21H16N2S. The summed E-state index contributed by atoms with van der Waals surface area (Å²) in [5, 5.41) is 9.58. The van der Waals surface area contributed by atoms with Crippen molar-refractivity contribution in [1.82, 2.24) is 0 Å². The molecule has 24 heavy (non-hydrogen) atoms. The fraction of sp³-hybridized carbons (Fsp3) is 0. The molecule has 4 aromatic rings. The Labute approximate surface area is 144 Å². The topological polar surface area (TPSA) is 49.9 Å². The average molecular weight is 328 g/mol. The van der Waals surface area contributed by atoms with Crippen LogP contribution >= 0.6 is 11.3 Å². The number of fused-ring (bicyclic) bond motifs is 1. The van der Waals surface area contributed by atoms with Gasteiger partial charge in [-0.25, -0.2) is 0 Å². The van der Waals surface area contributed by atoms with Gasteiger partial charge in [0, 0.05) is 15.6 Å². The lowest BCUT2D eigenvalue weighted by Crippen LogP contribution is -2.02. The number of hydrogen-bond donors (Lipinski definition) is 2. The van der Waals surface area contributed by atoms with E-state index in [1.165, 1.54) is 5.56 Å². The molecule has 0 bridgehead atoms. The Hall–Kier alpha value is -2.91. The van der Waals surface area contributed by atoms with Gasteiger partial charge in [-0.05, 0) is 17.2 Å². The van der Waals surface area contributed by atoms with E-state index in [1.54, 1.807) is 11.3 Å². The van der Waals surface area contributed by atoms with Gasteiger partial charge in [-0.1, -0.05) is 72.8 Å². The molecule has 0 radical (unpaired) electrons. The quantitative estimate of drug-likeness (QED) is 0.475. The summed E-state index contributed by atoms with van der Waals surface area (Å²) >= 11 is 1.58. The third-order valence-electron chi connectivity index (χ3n) is 4.14. The van der Waals surface area contributed by atoms with Crippen LogP contribution < -0.4 is 5.73 Å². The minimum Gasteiger partial charge on any atom is -0.397 e. The van der Waals surface area contributed by atoms with Crippen LogP contribution in [0.4, 0.5) is 5.69 Å². The molecule has 3 heteroatoms. The molecule has 1 heterocycles. The summed E-state index contributed by atoms with van der Waals surface area (Å²) in [5.74, 6) is 0. The van der Waals surface area contributed by atoms with E-state index in [0.717, 1.165) is 26.1 Å². The molecule has 3 N–H and O–H groups in total. The predicted molar refractivity (Wildman–Crippen MR) is 104 cm³/mol. The summed E-state index contributed by atoms with van der Waals surface area (Å²) in [5.41, 5.74) is 10.7. The van der Waals surface area contributed by atoms with E-state index in [9.17, 15) is 0 Å². The standard InChI is InChI=1S/C21H16N2S/c22-19(21-20(23)17-8-4-5-9-18(17)24-21)16-12-10-15(11-13-16)14-6-2-1-3-7-14/h1-13,22H,23H2. The fourth-order valence-electron chi connectivity index (χ4n) is 2.84. The number of benzene rings is 3. The van der Waals surface area contributed by atoms with Crippen LogP contribution in [0.3, 0.4) is 0 Å². The van der Waals surface area contributed by atoms with Crippen LogP contribution in [0.25, 0.3) is 21.2 Å². The SMILES string of the molecule is N=C(c1ccc(-c2ccccc2)cc1)c1sc2ccccc2c1N. The Kier molecular flexibility index (Phi) is 3.63. The number of nitrogen functional groups attached to an aromatic ring is 1. The van der Waals surface area contributed by atoms with Gasteiger partial charge in [-0.2, -0.15) is 0 Å². The molecule has 0 amide bonds. The molecule has 0 unspecified atom stereocenters. The van der Waals surface area contributed by atoms with E-state index < -0.39 is 0 Å². The third-order valence-corrected chi connectivity index (χ3v) is 5.35. The first-order valence-corrected chi connectivity index (χ1v) is 8.57. The number of nitrogens with one attached hydrogen (secondary N) is 1.